The molecule has 2 aromatic rings. The van der Waals surface area contributed by atoms with E-state index in [2.05, 4.69) is 43.3 Å². The molecule has 2 aromatic carbocycles. The van der Waals surface area contributed by atoms with Gasteiger partial charge in [0.05, 0.1) is 0 Å². The predicted molar refractivity (Wildman–Crippen MR) is 70.4 cm³/mol. The highest BCUT2D eigenvalue weighted by atomic mass is 35.5. The Balaban J connectivity index is 2.21. The summed E-state index contributed by atoms with van der Waals surface area (Å²) >= 11 is 6.03. The second-order valence-corrected chi connectivity index (χ2v) is 4.10. The second kappa shape index (κ2) is 5.00. The highest BCUT2D eigenvalue weighted by Crippen LogP contribution is 2.17. The Hall–Kier alpha value is -1.53. The van der Waals surface area contributed by atoms with Crippen LogP contribution in [0.15, 0.2) is 42.5 Å². The SMILES string of the molecule is Cc1ccc(C=Cc2cc[c]cc2Cl)cc1. The molecule has 0 aliphatic heterocycles. The van der Waals surface area contributed by atoms with Gasteiger partial charge in [0.2, 0.25) is 0 Å². The number of rotatable bonds is 2. The van der Waals surface area contributed by atoms with Gasteiger partial charge >= 0.3 is 0 Å². The van der Waals surface area contributed by atoms with Crippen LogP contribution >= 0.6 is 11.6 Å². The lowest BCUT2D eigenvalue weighted by atomic mass is 10.1. The standard InChI is InChI=1S/C15H12Cl/c1-12-6-8-13(9-7-12)10-11-14-4-2-3-5-15(14)16/h2,4-11H,1H3. The average molecular weight is 228 g/mol. The summed E-state index contributed by atoms with van der Waals surface area (Å²) in [5.41, 5.74) is 3.46. The van der Waals surface area contributed by atoms with E-state index in [1.807, 2.05) is 18.2 Å². The first-order valence-corrected chi connectivity index (χ1v) is 5.54. The van der Waals surface area contributed by atoms with Gasteiger partial charge in [-0.25, -0.2) is 0 Å². The minimum absolute atomic E-state index is 0.728. The quantitative estimate of drug-likeness (QED) is 0.657. The molecule has 0 N–H and O–H groups in total. The van der Waals surface area contributed by atoms with Crippen molar-refractivity contribution in [1.82, 2.24) is 0 Å². The zero-order valence-corrected chi connectivity index (χ0v) is 9.83. The maximum atomic E-state index is 6.03. The van der Waals surface area contributed by atoms with Gasteiger partial charge in [-0.2, -0.15) is 0 Å². The molecule has 0 nitrogen and oxygen atoms in total. The van der Waals surface area contributed by atoms with Gasteiger partial charge in [0.1, 0.15) is 0 Å². The third-order valence-corrected chi connectivity index (χ3v) is 2.70. The van der Waals surface area contributed by atoms with Gasteiger partial charge < -0.3 is 0 Å². The lowest BCUT2D eigenvalue weighted by molar-refractivity contribution is 1.46. The third kappa shape index (κ3) is 2.74. The molecule has 79 valence electrons. The van der Waals surface area contributed by atoms with Crippen molar-refractivity contribution in [3.63, 3.8) is 0 Å². The summed E-state index contributed by atoms with van der Waals surface area (Å²) in [6, 6.07) is 16.9. The number of halogens is 1. The molecule has 0 atom stereocenters. The molecule has 2 rings (SSSR count). The molecule has 0 aromatic heterocycles. The summed E-state index contributed by atoms with van der Waals surface area (Å²) in [5, 5.41) is 0.728. The Morgan fingerprint density at radius 3 is 2.50 bits per heavy atom. The molecular weight excluding hydrogens is 216 g/mol. The monoisotopic (exact) mass is 227 g/mol. The first kappa shape index (κ1) is 11.0. The molecule has 0 heterocycles. The Kier molecular flexibility index (Phi) is 3.43. The second-order valence-electron chi connectivity index (χ2n) is 3.69. The maximum absolute atomic E-state index is 6.03. The van der Waals surface area contributed by atoms with Crippen LogP contribution in [-0.4, -0.2) is 0 Å². The van der Waals surface area contributed by atoms with Gasteiger partial charge in [0.25, 0.3) is 0 Å². The third-order valence-electron chi connectivity index (χ3n) is 2.38. The molecule has 0 aliphatic carbocycles. The Morgan fingerprint density at radius 1 is 1.06 bits per heavy atom. The Labute approximate surface area is 101 Å². The molecule has 0 unspecified atom stereocenters. The lowest BCUT2D eigenvalue weighted by Crippen LogP contribution is -1.75. The molecule has 0 amide bonds. The maximum Gasteiger partial charge on any atom is 0.0484 e. The summed E-state index contributed by atoms with van der Waals surface area (Å²) in [7, 11) is 0. The fraction of sp³-hybridized carbons (Fsp3) is 0.0667. The van der Waals surface area contributed by atoms with Crippen LogP contribution in [-0.2, 0) is 0 Å². The zero-order chi connectivity index (χ0) is 11.4. The van der Waals surface area contributed by atoms with Gasteiger partial charge in [-0.05, 0) is 30.2 Å². The molecule has 0 bridgehead atoms. The van der Waals surface area contributed by atoms with Gasteiger partial charge in [-0.3, -0.25) is 0 Å². The van der Waals surface area contributed by atoms with Crippen LogP contribution in [0.5, 0.6) is 0 Å². The van der Waals surface area contributed by atoms with Crippen LogP contribution < -0.4 is 0 Å². The van der Waals surface area contributed by atoms with E-state index in [0.717, 1.165) is 10.6 Å². The molecule has 0 aliphatic rings. The van der Waals surface area contributed by atoms with Crippen molar-refractivity contribution in [2.24, 2.45) is 0 Å². The van der Waals surface area contributed by atoms with Gasteiger partial charge in [-0.15, -0.1) is 0 Å². The average Bonchev–Trinajstić information content (AvgIpc) is 2.30. The zero-order valence-electron chi connectivity index (χ0n) is 9.07. The van der Waals surface area contributed by atoms with E-state index in [1.54, 1.807) is 6.07 Å². The number of hydrogen-bond acceptors (Lipinski definition) is 0. The van der Waals surface area contributed by atoms with Gasteiger partial charge in [0, 0.05) is 5.02 Å². The van der Waals surface area contributed by atoms with E-state index < -0.39 is 0 Å². The van der Waals surface area contributed by atoms with Crippen LogP contribution in [0.2, 0.25) is 5.02 Å². The Bertz CT molecular complexity index is 495. The highest BCUT2D eigenvalue weighted by molar-refractivity contribution is 6.32. The van der Waals surface area contributed by atoms with Gasteiger partial charge in [0.15, 0.2) is 0 Å². The molecule has 0 saturated carbocycles. The van der Waals surface area contributed by atoms with Crippen molar-refractivity contribution < 1.29 is 0 Å². The van der Waals surface area contributed by atoms with E-state index in [0.29, 0.717) is 0 Å². The first-order chi connectivity index (χ1) is 7.75. The summed E-state index contributed by atoms with van der Waals surface area (Å²) < 4.78 is 0. The fourth-order valence-electron chi connectivity index (χ4n) is 1.42. The highest BCUT2D eigenvalue weighted by Gasteiger charge is 1.93. The lowest BCUT2D eigenvalue weighted by Gasteiger charge is -1.97. The van der Waals surface area contributed by atoms with Crippen LogP contribution in [0.4, 0.5) is 0 Å². The molecule has 1 radical (unpaired) electrons. The van der Waals surface area contributed by atoms with E-state index in [1.165, 1.54) is 11.1 Å². The minimum Gasteiger partial charge on any atom is -0.0837 e. The summed E-state index contributed by atoms with van der Waals surface area (Å²) in [6.07, 6.45) is 4.07. The van der Waals surface area contributed by atoms with Crippen molar-refractivity contribution in [1.29, 1.82) is 0 Å². The first-order valence-electron chi connectivity index (χ1n) is 5.16. The summed E-state index contributed by atoms with van der Waals surface area (Å²) in [5.74, 6) is 0. The summed E-state index contributed by atoms with van der Waals surface area (Å²) in [4.78, 5) is 0. The number of benzene rings is 2. The fourth-order valence-corrected chi connectivity index (χ4v) is 1.61. The van der Waals surface area contributed by atoms with Gasteiger partial charge in [-0.1, -0.05) is 65.7 Å². The summed E-state index contributed by atoms with van der Waals surface area (Å²) in [6.45, 7) is 2.08. The van der Waals surface area contributed by atoms with E-state index in [4.69, 9.17) is 11.6 Å². The number of aryl methyl sites for hydroxylation is 1. The normalized spacial score (nSPS) is 10.9. The van der Waals surface area contributed by atoms with Crippen molar-refractivity contribution in [3.8, 4) is 0 Å². The van der Waals surface area contributed by atoms with Crippen molar-refractivity contribution in [2.45, 2.75) is 6.92 Å². The van der Waals surface area contributed by atoms with E-state index in [9.17, 15) is 0 Å². The van der Waals surface area contributed by atoms with E-state index in [-0.39, 0.29) is 0 Å². The largest absolute Gasteiger partial charge is 0.0837 e. The smallest absolute Gasteiger partial charge is 0.0484 e. The molecular formula is C15H12Cl. The minimum atomic E-state index is 0.728. The van der Waals surface area contributed by atoms with E-state index >= 15 is 0 Å². The molecule has 0 fully saturated rings. The predicted octanol–water partition coefficient (Wildman–Crippen LogP) is 4.62. The van der Waals surface area contributed by atoms with Crippen LogP contribution in [0.1, 0.15) is 16.7 Å². The Morgan fingerprint density at radius 2 is 1.81 bits per heavy atom. The molecule has 1 heteroatoms. The molecule has 16 heavy (non-hydrogen) atoms. The topological polar surface area (TPSA) is 0 Å². The van der Waals surface area contributed by atoms with Crippen LogP contribution in [0, 0.1) is 13.0 Å². The van der Waals surface area contributed by atoms with Crippen molar-refractivity contribution >= 4 is 23.8 Å². The molecule has 0 saturated heterocycles. The van der Waals surface area contributed by atoms with Crippen molar-refractivity contribution in [2.75, 3.05) is 0 Å². The van der Waals surface area contributed by atoms with Crippen LogP contribution in [0.3, 0.4) is 0 Å². The number of hydrogen-bond donors (Lipinski definition) is 0. The van der Waals surface area contributed by atoms with Crippen LogP contribution in [0.25, 0.3) is 12.2 Å². The molecule has 0 spiro atoms. The van der Waals surface area contributed by atoms with Crippen molar-refractivity contribution in [3.05, 3.63) is 70.2 Å².